The topological polar surface area (TPSA) is 0 Å². The molecule has 0 spiro atoms. The third kappa shape index (κ3) is 2.46. The molecule has 84 valence electrons. The predicted octanol–water partition coefficient (Wildman–Crippen LogP) is 5.34. The van der Waals surface area contributed by atoms with Crippen molar-refractivity contribution in [2.75, 3.05) is 0 Å². The van der Waals surface area contributed by atoms with Crippen LogP contribution in [0.3, 0.4) is 0 Å². The van der Waals surface area contributed by atoms with Crippen LogP contribution in [0.1, 0.15) is 31.7 Å². The van der Waals surface area contributed by atoms with Gasteiger partial charge in [0.25, 0.3) is 0 Å². The third-order valence-electron chi connectivity index (χ3n) is 3.01. The fraction of sp³-hybridized carbons (Fsp3) is 0.333. The maximum absolute atomic E-state index is 3.61. The number of hydrogen-bond acceptors (Lipinski definition) is 0. The zero-order valence-electron chi connectivity index (χ0n) is 9.67. The first-order valence-corrected chi connectivity index (χ1v) is 6.78. The Kier molecular flexibility index (Phi) is 4.00. The van der Waals surface area contributed by atoms with Crippen LogP contribution in [0.2, 0.25) is 0 Å². The Morgan fingerprint density at radius 2 is 1.69 bits per heavy atom. The molecule has 2 aromatic rings. The van der Waals surface area contributed by atoms with Crippen LogP contribution < -0.4 is 0 Å². The fourth-order valence-electron chi connectivity index (χ4n) is 2.11. The van der Waals surface area contributed by atoms with Gasteiger partial charge in [-0.05, 0) is 35.2 Å². The first kappa shape index (κ1) is 11.7. The molecule has 16 heavy (non-hydrogen) atoms. The molecule has 0 amide bonds. The number of aryl methyl sites for hydroxylation is 1. The summed E-state index contributed by atoms with van der Waals surface area (Å²) in [5, 5.41) is 2.73. The summed E-state index contributed by atoms with van der Waals surface area (Å²) < 4.78 is 1.20. The second kappa shape index (κ2) is 5.49. The normalized spacial score (nSPS) is 10.9. The Balaban J connectivity index is 2.35. The lowest BCUT2D eigenvalue weighted by molar-refractivity contribution is 0.719. The molecule has 0 bridgehead atoms. The van der Waals surface area contributed by atoms with Gasteiger partial charge in [0, 0.05) is 4.47 Å². The Hall–Kier alpha value is -0.820. The smallest absolute Gasteiger partial charge is 0.0253 e. The minimum Gasteiger partial charge on any atom is -0.0654 e. The lowest BCUT2D eigenvalue weighted by Crippen LogP contribution is -1.88. The average Bonchev–Trinajstić information content (AvgIpc) is 2.33. The second-order valence-electron chi connectivity index (χ2n) is 4.21. The monoisotopic (exact) mass is 276 g/mol. The molecule has 0 aliphatic carbocycles. The molecule has 0 radical (unpaired) electrons. The van der Waals surface area contributed by atoms with Gasteiger partial charge in [0.15, 0.2) is 0 Å². The van der Waals surface area contributed by atoms with Crippen LogP contribution >= 0.6 is 15.9 Å². The summed E-state index contributed by atoms with van der Waals surface area (Å²) in [6, 6.07) is 13.1. The Labute approximate surface area is 106 Å². The minimum atomic E-state index is 1.20. The fourth-order valence-corrected chi connectivity index (χ4v) is 2.59. The average molecular weight is 277 g/mol. The zero-order chi connectivity index (χ0) is 11.4. The molecule has 0 aromatic heterocycles. The van der Waals surface area contributed by atoms with Crippen LogP contribution in [0.5, 0.6) is 0 Å². The van der Waals surface area contributed by atoms with Crippen LogP contribution in [-0.2, 0) is 6.42 Å². The number of rotatable bonds is 4. The SMILES string of the molecule is CCCCCc1ccc(Br)c2ccccc12. The van der Waals surface area contributed by atoms with Gasteiger partial charge in [-0.15, -0.1) is 0 Å². The van der Waals surface area contributed by atoms with Crippen LogP contribution in [0.25, 0.3) is 10.8 Å². The van der Waals surface area contributed by atoms with E-state index in [9.17, 15) is 0 Å². The molecule has 0 aliphatic heterocycles. The van der Waals surface area contributed by atoms with Crippen molar-refractivity contribution in [3.63, 3.8) is 0 Å². The number of fused-ring (bicyclic) bond motifs is 1. The van der Waals surface area contributed by atoms with E-state index < -0.39 is 0 Å². The third-order valence-corrected chi connectivity index (χ3v) is 3.70. The summed E-state index contributed by atoms with van der Waals surface area (Å²) in [7, 11) is 0. The highest BCUT2D eigenvalue weighted by Gasteiger charge is 2.03. The van der Waals surface area contributed by atoms with Gasteiger partial charge in [-0.25, -0.2) is 0 Å². The van der Waals surface area contributed by atoms with Gasteiger partial charge in [-0.3, -0.25) is 0 Å². The second-order valence-corrected chi connectivity index (χ2v) is 5.06. The van der Waals surface area contributed by atoms with Crippen molar-refractivity contribution >= 4 is 26.7 Å². The summed E-state index contributed by atoms with van der Waals surface area (Å²) >= 11 is 3.61. The van der Waals surface area contributed by atoms with E-state index in [-0.39, 0.29) is 0 Å². The van der Waals surface area contributed by atoms with Crippen LogP contribution in [0.4, 0.5) is 0 Å². The van der Waals surface area contributed by atoms with E-state index in [0.717, 1.165) is 0 Å². The molecular formula is C15H17Br. The van der Waals surface area contributed by atoms with Crippen molar-refractivity contribution in [3.8, 4) is 0 Å². The number of halogens is 1. The lowest BCUT2D eigenvalue weighted by atomic mass is 10.00. The van der Waals surface area contributed by atoms with E-state index in [2.05, 4.69) is 59.3 Å². The van der Waals surface area contributed by atoms with Crippen molar-refractivity contribution < 1.29 is 0 Å². The number of benzene rings is 2. The molecule has 1 heteroatoms. The maximum Gasteiger partial charge on any atom is 0.0253 e. The molecule has 2 aromatic carbocycles. The zero-order valence-corrected chi connectivity index (χ0v) is 11.3. The summed E-state index contributed by atoms with van der Waals surface area (Å²) in [6.45, 7) is 2.25. The van der Waals surface area contributed by atoms with Gasteiger partial charge in [-0.1, -0.05) is 66.0 Å². The van der Waals surface area contributed by atoms with Gasteiger partial charge < -0.3 is 0 Å². The molecule has 2 rings (SSSR count). The van der Waals surface area contributed by atoms with E-state index in [1.807, 2.05) is 0 Å². The van der Waals surface area contributed by atoms with E-state index >= 15 is 0 Å². The minimum absolute atomic E-state index is 1.20. The van der Waals surface area contributed by atoms with Crippen molar-refractivity contribution in [1.29, 1.82) is 0 Å². The van der Waals surface area contributed by atoms with Crippen LogP contribution in [0, 0.1) is 0 Å². The Morgan fingerprint density at radius 3 is 2.44 bits per heavy atom. The van der Waals surface area contributed by atoms with E-state index in [1.165, 1.54) is 46.5 Å². The highest BCUT2D eigenvalue weighted by atomic mass is 79.9. The predicted molar refractivity (Wildman–Crippen MR) is 74.9 cm³/mol. The summed E-state index contributed by atoms with van der Waals surface area (Å²) in [4.78, 5) is 0. The van der Waals surface area contributed by atoms with E-state index in [4.69, 9.17) is 0 Å². The van der Waals surface area contributed by atoms with Gasteiger partial charge >= 0.3 is 0 Å². The molecular weight excluding hydrogens is 260 g/mol. The quantitative estimate of drug-likeness (QED) is 0.662. The summed E-state index contributed by atoms with van der Waals surface area (Å²) in [5.74, 6) is 0. The molecule has 0 fully saturated rings. The Bertz CT molecular complexity index is 474. The van der Waals surface area contributed by atoms with Gasteiger partial charge in [-0.2, -0.15) is 0 Å². The van der Waals surface area contributed by atoms with Crippen LogP contribution in [-0.4, -0.2) is 0 Å². The summed E-state index contributed by atoms with van der Waals surface area (Å²) in [5.41, 5.74) is 1.48. The molecule has 0 saturated carbocycles. The van der Waals surface area contributed by atoms with Crippen molar-refractivity contribution in [3.05, 3.63) is 46.4 Å². The first-order chi connectivity index (χ1) is 7.83. The first-order valence-electron chi connectivity index (χ1n) is 5.99. The van der Waals surface area contributed by atoms with Crippen LogP contribution in [0.15, 0.2) is 40.9 Å². The van der Waals surface area contributed by atoms with Crippen molar-refractivity contribution in [1.82, 2.24) is 0 Å². The van der Waals surface area contributed by atoms with Gasteiger partial charge in [0.2, 0.25) is 0 Å². The summed E-state index contributed by atoms with van der Waals surface area (Å²) in [6.07, 6.45) is 5.10. The highest BCUT2D eigenvalue weighted by Crippen LogP contribution is 2.27. The Morgan fingerprint density at radius 1 is 0.938 bits per heavy atom. The van der Waals surface area contributed by atoms with Crippen molar-refractivity contribution in [2.24, 2.45) is 0 Å². The molecule has 0 N–H and O–H groups in total. The van der Waals surface area contributed by atoms with Crippen molar-refractivity contribution in [2.45, 2.75) is 32.6 Å². The molecule has 0 unspecified atom stereocenters. The van der Waals surface area contributed by atoms with Gasteiger partial charge in [0.05, 0.1) is 0 Å². The number of hydrogen-bond donors (Lipinski definition) is 0. The van der Waals surface area contributed by atoms with Gasteiger partial charge in [0.1, 0.15) is 0 Å². The molecule has 0 nitrogen and oxygen atoms in total. The standard InChI is InChI=1S/C15H17Br/c1-2-3-4-7-12-10-11-15(16)14-9-6-5-8-13(12)14/h5-6,8-11H,2-4,7H2,1H3. The molecule has 0 aliphatic rings. The maximum atomic E-state index is 3.61. The molecule has 0 saturated heterocycles. The lowest BCUT2D eigenvalue weighted by Gasteiger charge is -2.07. The number of unbranched alkanes of at least 4 members (excludes halogenated alkanes) is 2. The van der Waals surface area contributed by atoms with E-state index in [0.29, 0.717) is 0 Å². The highest BCUT2D eigenvalue weighted by molar-refractivity contribution is 9.10. The molecule has 0 atom stereocenters. The largest absolute Gasteiger partial charge is 0.0654 e. The van der Waals surface area contributed by atoms with E-state index in [1.54, 1.807) is 0 Å². The molecule has 0 heterocycles.